The summed E-state index contributed by atoms with van der Waals surface area (Å²) < 4.78 is 21.9. The zero-order valence-corrected chi connectivity index (χ0v) is 65.4. The number of carboxylic acid groups (broad SMARTS) is 1. The Balaban J connectivity index is 1.13. The highest BCUT2D eigenvalue weighted by molar-refractivity contribution is 6.08. The maximum Gasteiger partial charge on any atom is 0.408 e. The Morgan fingerprint density at radius 3 is 0.673 bits per heavy atom. The van der Waals surface area contributed by atoms with Gasteiger partial charge in [0, 0.05) is 70.9 Å². The maximum absolute atomic E-state index is 14.5. The van der Waals surface area contributed by atoms with Gasteiger partial charge in [-0.2, -0.15) is 0 Å². The molecule has 0 aliphatic rings. The Morgan fingerprint density at radius 2 is 0.478 bits per heavy atom. The lowest BCUT2D eigenvalue weighted by Crippen LogP contribution is -2.47. The second-order valence-electron chi connectivity index (χ2n) is 30.6. The summed E-state index contributed by atoms with van der Waals surface area (Å²) in [5.41, 5.74) is -2.81. The SMILES string of the molecule is C[C@H](NC(=O)c1cc(NC(=O)[C@H](Cc2ccccc2)NC(=O)OC(C)(C)C)cc(NC(=O)[C@H](Cc2ccccc2)NC(=O)OC(C)(C)C)c1)C(=O)Nc1cc(NC(=O)[C@H](C)NC(=O)c2cc(NC(=O)[C@H](Cc3ccccc3)NC(=O)OC(C)(C)C)cc(NC(=O)[C@H](Cc3ccccc3)NC(=O)OC(C)(C)C)c2)cc(C(=O)O)c1. The number of aromatic carboxylic acids is 1. The molecule has 0 unspecified atom stereocenters. The van der Waals surface area contributed by atoms with Crippen LogP contribution in [0.3, 0.4) is 0 Å². The first-order valence-electron chi connectivity index (χ1n) is 36.3. The van der Waals surface area contributed by atoms with E-state index in [0.717, 1.165) is 12.1 Å². The number of carbonyl (C=O) groups excluding carboxylic acids is 12. The quantitative estimate of drug-likeness (QED) is 0.0194. The molecule has 0 radical (unpaired) electrons. The van der Waals surface area contributed by atoms with Gasteiger partial charge in [-0.25, -0.2) is 24.0 Å². The van der Waals surface area contributed by atoms with E-state index in [4.69, 9.17) is 18.9 Å². The van der Waals surface area contributed by atoms with Crippen molar-refractivity contribution >= 4 is 112 Å². The Kier molecular flexibility index (Phi) is 30.0. The number of rotatable bonds is 29. The molecule has 30 heteroatoms. The van der Waals surface area contributed by atoms with Crippen molar-refractivity contribution in [3.05, 3.63) is 215 Å². The van der Waals surface area contributed by atoms with Crippen molar-refractivity contribution in [2.24, 2.45) is 0 Å². The third-order valence-electron chi connectivity index (χ3n) is 15.8. The van der Waals surface area contributed by atoms with Gasteiger partial charge in [-0.15, -0.1) is 0 Å². The van der Waals surface area contributed by atoms with Crippen molar-refractivity contribution in [3.8, 4) is 0 Å². The van der Waals surface area contributed by atoms with E-state index in [9.17, 15) is 67.4 Å². The molecular weight excluding hydrogens is 1450 g/mol. The second-order valence-corrected chi connectivity index (χ2v) is 30.6. The summed E-state index contributed by atoms with van der Waals surface area (Å²) in [4.78, 5) is 180. The fraction of sp³-hybridized carbons (Fsp3) is 0.337. The molecule has 0 fully saturated rings. The number of ether oxygens (including phenoxy) is 4. The number of amides is 12. The van der Waals surface area contributed by atoms with Gasteiger partial charge in [-0.3, -0.25) is 38.4 Å². The van der Waals surface area contributed by atoms with Gasteiger partial charge in [0.1, 0.15) is 58.7 Å². The van der Waals surface area contributed by atoms with Crippen molar-refractivity contribution < 1.29 is 86.4 Å². The smallest absolute Gasteiger partial charge is 0.408 e. The number of hydrogen-bond acceptors (Lipinski definition) is 17. The number of carboxylic acids is 1. The third-order valence-corrected chi connectivity index (χ3v) is 15.8. The average Bonchev–Trinajstić information content (AvgIpc) is 0.822. The summed E-state index contributed by atoms with van der Waals surface area (Å²) in [5, 5.41) is 41.8. The zero-order valence-electron chi connectivity index (χ0n) is 65.4. The first-order chi connectivity index (χ1) is 53.0. The predicted octanol–water partition coefficient (Wildman–Crippen LogP) is 11.2. The van der Waals surface area contributed by atoms with Gasteiger partial charge < -0.3 is 87.9 Å². The van der Waals surface area contributed by atoms with Gasteiger partial charge in [0.05, 0.1) is 5.56 Å². The van der Waals surface area contributed by atoms with E-state index in [-0.39, 0.29) is 70.9 Å². The van der Waals surface area contributed by atoms with Crippen LogP contribution >= 0.6 is 0 Å². The lowest BCUT2D eigenvalue weighted by Gasteiger charge is -2.24. The fourth-order valence-electron chi connectivity index (χ4n) is 10.8. The maximum atomic E-state index is 14.5. The molecule has 0 saturated heterocycles. The molecule has 12 amide bonds. The highest BCUT2D eigenvalue weighted by Crippen LogP contribution is 2.26. The molecule has 0 saturated carbocycles. The molecule has 0 spiro atoms. The van der Waals surface area contributed by atoms with Crippen molar-refractivity contribution in [1.29, 1.82) is 0 Å². The molecule has 0 bridgehead atoms. The van der Waals surface area contributed by atoms with E-state index in [1.165, 1.54) is 56.3 Å². The molecule has 0 aliphatic heterocycles. The van der Waals surface area contributed by atoms with Crippen LogP contribution < -0.4 is 63.8 Å². The lowest BCUT2D eigenvalue weighted by molar-refractivity contribution is -0.118. The zero-order chi connectivity index (χ0) is 83.1. The monoisotopic (exact) mass is 1550 g/mol. The normalized spacial score (nSPS) is 12.9. The first kappa shape index (κ1) is 87.1. The van der Waals surface area contributed by atoms with E-state index in [2.05, 4.69) is 63.8 Å². The fourth-order valence-corrected chi connectivity index (χ4v) is 10.8. The Bertz CT molecular complexity index is 4100. The summed E-state index contributed by atoms with van der Waals surface area (Å²) in [6.45, 7) is 22.3. The van der Waals surface area contributed by atoms with Crippen LogP contribution in [0.25, 0.3) is 0 Å². The lowest BCUT2D eigenvalue weighted by atomic mass is 10.0. The summed E-state index contributed by atoms with van der Waals surface area (Å²) in [6.07, 6.45) is -3.74. The summed E-state index contributed by atoms with van der Waals surface area (Å²) in [5.74, 6) is -8.33. The van der Waals surface area contributed by atoms with Crippen molar-refractivity contribution in [2.45, 2.75) is 181 Å². The molecule has 7 rings (SSSR count). The van der Waals surface area contributed by atoms with E-state index < -0.39 is 142 Å². The largest absolute Gasteiger partial charge is 0.478 e. The molecule has 7 aromatic carbocycles. The topological polar surface area (TPSA) is 423 Å². The van der Waals surface area contributed by atoms with Crippen LogP contribution in [-0.4, -0.2) is 141 Å². The van der Waals surface area contributed by atoms with E-state index in [0.29, 0.717) is 22.3 Å². The van der Waals surface area contributed by atoms with E-state index in [1.54, 1.807) is 204 Å². The number of anilines is 6. The summed E-state index contributed by atoms with van der Waals surface area (Å²) >= 11 is 0. The van der Waals surface area contributed by atoms with Crippen LogP contribution in [0.1, 0.15) is 150 Å². The molecule has 0 heterocycles. The molecular formula is C83H98N12O18. The average molecular weight is 1550 g/mol. The van der Waals surface area contributed by atoms with Crippen molar-refractivity contribution in [2.75, 3.05) is 31.9 Å². The Labute approximate surface area is 655 Å². The predicted molar refractivity (Wildman–Crippen MR) is 425 cm³/mol. The van der Waals surface area contributed by atoms with Gasteiger partial charge >= 0.3 is 30.3 Å². The molecule has 6 atom stereocenters. The molecule has 0 aliphatic carbocycles. The van der Waals surface area contributed by atoms with Gasteiger partial charge in [0.15, 0.2) is 0 Å². The number of benzene rings is 7. The standard InChI is InChI=1S/C83H98N12O18/c1-48(84-69(98)54-39-57(88-71(100)63(35-50-27-19-15-20-28-50)92-76(106)110-80(3,4)5)45-58(40-54)89-72(101)64(36-51-29-21-16-22-30-51)93-77(107)111-81(6,7)8)67(96)86-61-43-56(75(104)105)44-62(47-61)87-68(97)49(2)85-70(99)55-41-59(90-73(102)65(37-52-31-23-17-24-32-52)94-78(108)112-82(9,10)11)46-60(42-55)91-74(103)66(38-53-33-25-18-26-34-53)95-79(109)113-83(12,13)14/h15-34,39-49,63-66H,35-38H2,1-14H3,(H,84,98)(H,85,99)(H,86,96)(H,87,97)(H,88,100)(H,89,101)(H,90,102)(H,91,103)(H,92,106)(H,93,107)(H,94,108)(H,95,109)(H,104,105)/t48-,49-,63-,64-,65-,66-/m0/s1. The molecule has 0 aromatic heterocycles. The minimum Gasteiger partial charge on any atom is -0.478 e. The highest BCUT2D eigenvalue weighted by Gasteiger charge is 2.32. The van der Waals surface area contributed by atoms with E-state index >= 15 is 0 Å². The molecule has 113 heavy (non-hydrogen) atoms. The van der Waals surface area contributed by atoms with Gasteiger partial charge in [-0.1, -0.05) is 121 Å². The Hall–Kier alpha value is -13.2. The third kappa shape index (κ3) is 30.3. The van der Waals surface area contributed by atoms with Gasteiger partial charge in [0.25, 0.3) is 11.8 Å². The minimum absolute atomic E-state index is 0.0252. The molecule has 598 valence electrons. The van der Waals surface area contributed by atoms with Crippen molar-refractivity contribution in [3.63, 3.8) is 0 Å². The summed E-state index contributed by atoms with van der Waals surface area (Å²) in [6, 6.07) is 37.9. The van der Waals surface area contributed by atoms with Crippen LogP contribution in [0.2, 0.25) is 0 Å². The molecule has 13 N–H and O–H groups in total. The molecule has 7 aromatic rings. The van der Waals surface area contributed by atoms with Crippen LogP contribution in [0.4, 0.5) is 53.3 Å². The second kappa shape index (κ2) is 39.0. The Morgan fingerprint density at radius 1 is 0.283 bits per heavy atom. The number of alkyl carbamates (subject to hydrolysis) is 4. The molecule has 30 nitrogen and oxygen atoms in total. The van der Waals surface area contributed by atoms with Crippen LogP contribution in [0.5, 0.6) is 0 Å². The van der Waals surface area contributed by atoms with Gasteiger partial charge in [-0.05, 0) is 174 Å². The number of nitrogens with one attached hydrogen (secondary N) is 12. The van der Waals surface area contributed by atoms with Gasteiger partial charge in [0.2, 0.25) is 35.4 Å². The minimum atomic E-state index is -1.50. The summed E-state index contributed by atoms with van der Waals surface area (Å²) in [7, 11) is 0. The number of carbonyl (C=O) groups is 13. The van der Waals surface area contributed by atoms with Crippen LogP contribution in [0.15, 0.2) is 176 Å². The van der Waals surface area contributed by atoms with Crippen molar-refractivity contribution in [1.82, 2.24) is 31.9 Å². The number of hydrogen-bond donors (Lipinski definition) is 13. The first-order valence-corrected chi connectivity index (χ1v) is 36.3. The van der Waals surface area contributed by atoms with E-state index in [1.807, 2.05) is 0 Å². The highest BCUT2D eigenvalue weighted by atomic mass is 16.6. The van der Waals surface area contributed by atoms with Crippen LogP contribution in [-0.2, 0) is 73.4 Å². The van der Waals surface area contributed by atoms with Crippen LogP contribution in [0, 0.1) is 0 Å².